The van der Waals surface area contributed by atoms with E-state index in [4.69, 9.17) is 16.4 Å². The molecule has 0 N–H and O–H groups in total. The molecule has 8 heteroatoms. The van der Waals surface area contributed by atoms with Crippen LogP contribution >= 0.6 is 11.6 Å². The monoisotopic (exact) mass is 392 g/mol. The van der Waals surface area contributed by atoms with Gasteiger partial charge in [-0.2, -0.15) is 5.10 Å². The average molecular weight is 393 g/mol. The second-order valence-electron chi connectivity index (χ2n) is 6.59. The number of rotatable bonds is 5. The number of aryl methyl sites for hydroxylation is 2. The third-order valence-electron chi connectivity index (χ3n) is 4.80. The van der Waals surface area contributed by atoms with Crippen molar-refractivity contribution >= 4 is 23.2 Å². The number of amides is 1. The first-order valence-corrected chi connectivity index (χ1v) is 9.16. The van der Waals surface area contributed by atoms with Crippen LogP contribution in [0, 0.1) is 19.7 Å². The molecule has 1 amide bonds. The third kappa shape index (κ3) is 3.69. The van der Waals surface area contributed by atoms with Crippen LogP contribution in [0.4, 0.5) is 4.39 Å². The maximum Gasteiger partial charge on any atom is 0.266 e. The Kier molecular flexibility index (Phi) is 5.51. The fraction of sp³-hybridized carbons (Fsp3) is 0.421. The van der Waals surface area contributed by atoms with Crippen molar-refractivity contribution in [2.45, 2.75) is 46.4 Å². The molecule has 1 atom stereocenters. The fourth-order valence-electron chi connectivity index (χ4n) is 3.26. The summed E-state index contributed by atoms with van der Waals surface area (Å²) in [5, 5.41) is 8.63. The number of likely N-dealkylation sites (N-methyl/N-ethyl adjacent to an activating group) is 1. The van der Waals surface area contributed by atoms with E-state index in [0.717, 1.165) is 23.5 Å². The normalized spacial score (nSPS) is 16.2. The number of hydrogen-bond acceptors (Lipinski definition) is 4. The van der Waals surface area contributed by atoms with Gasteiger partial charge in [0.2, 0.25) is 6.10 Å². The minimum Gasteiger partial charge on any atom is -0.382 e. The predicted molar refractivity (Wildman–Crippen MR) is 101 cm³/mol. The molecule has 27 heavy (non-hydrogen) atoms. The molecule has 2 heterocycles. The summed E-state index contributed by atoms with van der Waals surface area (Å²) in [5.41, 5.74) is 3.49. The summed E-state index contributed by atoms with van der Waals surface area (Å²) in [4.78, 5) is 19.6. The highest BCUT2D eigenvalue weighted by molar-refractivity contribution is 6.34. The zero-order valence-electron chi connectivity index (χ0n) is 15.8. The first-order chi connectivity index (χ1) is 12.8. The average Bonchev–Trinajstić information content (AvgIpc) is 3.21. The second kappa shape index (κ2) is 7.68. The van der Waals surface area contributed by atoms with Crippen molar-refractivity contribution in [2.75, 3.05) is 7.05 Å². The zero-order chi connectivity index (χ0) is 19.7. The van der Waals surface area contributed by atoms with Crippen molar-refractivity contribution in [3.8, 4) is 0 Å². The maximum absolute atomic E-state index is 14.1. The molecule has 0 bridgehead atoms. The Labute approximate surface area is 162 Å². The lowest BCUT2D eigenvalue weighted by Gasteiger charge is -2.20. The summed E-state index contributed by atoms with van der Waals surface area (Å²) in [6.07, 6.45) is -0.613. The number of nitrogens with zero attached hydrogens (tertiary/aromatic N) is 4. The van der Waals surface area contributed by atoms with E-state index in [0.29, 0.717) is 12.3 Å². The molecule has 144 valence electrons. The molecule has 0 saturated carbocycles. The number of benzene rings is 1. The standard InChI is InChI=1S/C19H22ClFN4O2/c1-5-25-12(3)13(11(2)22-25)10-24(4)19(26)17-9-16(23-27-17)18-14(20)7-6-8-15(18)21/h6-8,17H,5,9-10H2,1-4H3. The van der Waals surface area contributed by atoms with Gasteiger partial charge in [0.1, 0.15) is 5.82 Å². The van der Waals surface area contributed by atoms with Gasteiger partial charge in [-0.3, -0.25) is 9.48 Å². The summed E-state index contributed by atoms with van der Waals surface area (Å²) in [5.74, 6) is -0.700. The van der Waals surface area contributed by atoms with Crippen LogP contribution in [0.25, 0.3) is 0 Å². The van der Waals surface area contributed by atoms with Crippen LogP contribution in [0.2, 0.25) is 5.02 Å². The van der Waals surface area contributed by atoms with Gasteiger partial charge in [0, 0.05) is 37.8 Å². The molecule has 0 aliphatic carbocycles. The van der Waals surface area contributed by atoms with E-state index < -0.39 is 11.9 Å². The molecular weight excluding hydrogens is 371 g/mol. The van der Waals surface area contributed by atoms with Crippen LogP contribution < -0.4 is 0 Å². The fourth-order valence-corrected chi connectivity index (χ4v) is 3.53. The van der Waals surface area contributed by atoms with Crippen LogP contribution in [0.1, 0.15) is 35.9 Å². The number of halogens is 2. The van der Waals surface area contributed by atoms with E-state index in [1.54, 1.807) is 18.0 Å². The van der Waals surface area contributed by atoms with Gasteiger partial charge >= 0.3 is 0 Å². The molecule has 0 spiro atoms. The van der Waals surface area contributed by atoms with Crippen molar-refractivity contribution in [1.29, 1.82) is 0 Å². The molecule has 6 nitrogen and oxygen atoms in total. The van der Waals surface area contributed by atoms with E-state index in [9.17, 15) is 9.18 Å². The van der Waals surface area contributed by atoms with E-state index >= 15 is 0 Å². The quantitative estimate of drug-likeness (QED) is 0.782. The highest BCUT2D eigenvalue weighted by Gasteiger charge is 2.33. The third-order valence-corrected chi connectivity index (χ3v) is 5.11. The van der Waals surface area contributed by atoms with Crippen LogP contribution in [0.3, 0.4) is 0 Å². The SMILES string of the molecule is CCn1nc(C)c(CN(C)C(=O)C2CC(c3c(F)cccc3Cl)=NO2)c1C. The molecule has 2 aromatic rings. The van der Waals surface area contributed by atoms with E-state index in [2.05, 4.69) is 10.3 Å². The van der Waals surface area contributed by atoms with Gasteiger partial charge in [-0.1, -0.05) is 22.8 Å². The first-order valence-electron chi connectivity index (χ1n) is 8.78. The van der Waals surface area contributed by atoms with Crippen molar-refractivity contribution in [2.24, 2.45) is 5.16 Å². The predicted octanol–water partition coefficient (Wildman–Crippen LogP) is 3.46. The first kappa shape index (κ1) is 19.4. The van der Waals surface area contributed by atoms with Crippen molar-refractivity contribution in [1.82, 2.24) is 14.7 Å². The molecule has 1 aromatic carbocycles. The summed E-state index contributed by atoms with van der Waals surface area (Å²) < 4.78 is 16.0. The number of oxime groups is 1. The minimum absolute atomic E-state index is 0.177. The highest BCUT2D eigenvalue weighted by atomic mass is 35.5. The highest BCUT2D eigenvalue weighted by Crippen LogP contribution is 2.26. The molecular formula is C19H22ClFN4O2. The van der Waals surface area contributed by atoms with E-state index in [-0.39, 0.29) is 22.9 Å². The molecule has 0 radical (unpaired) electrons. The van der Waals surface area contributed by atoms with Crippen molar-refractivity contribution < 1.29 is 14.0 Å². The van der Waals surface area contributed by atoms with E-state index in [1.807, 2.05) is 25.5 Å². The Balaban J connectivity index is 1.70. The molecule has 1 aromatic heterocycles. The van der Waals surface area contributed by atoms with Crippen LogP contribution in [-0.2, 0) is 22.7 Å². The van der Waals surface area contributed by atoms with Crippen molar-refractivity contribution in [3.63, 3.8) is 0 Å². The summed E-state index contributed by atoms with van der Waals surface area (Å²) in [6, 6.07) is 4.41. The molecule has 0 saturated heterocycles. The topological polar surface area (TPSA) is 59.7 Å². The summed E-state index contributed by atoms with van der Waals surface area (Å²) in [7, 11) is 1.71. The van der Waals surface area contributed by atoms with Crippen molar-refractivity contribution in [3.05, 3.63) is 51.6 Å². The largest absolute Gasteiger partial charge is 0.382 e. The van der Waals surface area contributed by atoms with Gasteiger partial charge in [0.25, 0.3) is 5.91 Å². The van der Waals surface area contributed by atoms with Gasteiger partial charge in [0.15, 0.2) is 0 Å². The van der Waals surface area contributed by atoms with Gasteiger partial charge in [-0.15, -0.1) is 0 Å². The zero-order valence-corrected chi connectivity index (χ0v) is 16.5. The van der Waals surface area contributed by atoms with Gasteiger partial charge < -0.3 is 9.74 Å². The Morgan fingerprint density at radius 1 is 1.44 bits per heavy atom. The molecule has 1 unspecified atom stereocenters. The number of aromatic nitrogens is 2. The van der Waals surface area contributed by atoms with E-state index in [1.165, 1.54) is 12.1 Å². The lowest BCUT2D eigenvalue weighted by Crippen LogP contribution is -2.36. The molecule has 1 aliphatic rings. The summed E-state index contributed by atoms with van der Waals surface area (Å²) in [6.45, 7) is 7.14. The molecule has 3 rings (SSSR count). The Bertz CT molecular complexity index is 889. The Morgan fingerprint density at radius 3 is 2.81 bits per heavy atom. The van der Waals surface area contributed by atoms with Crippen LogP contribution in [0.5, 0.6) is 0 Å². The number of carbonyl (C=O) groups excluding carboxylic acids is 1. The smallest absolute Gasteiger partial charge is 0.266 e. The minimum atomic E-state index is -0.789. The number of hydrogen-bond donors (Lipinski definition) is 0. The van der Waals surface area contributed by atoms with Gasteiger partial charge in [-0.05, 0) is 32.9 Å². The van der Waals surface area contributed by atoms with Crippen LogP contribution in [0.15, 0.2) is 23.4 Å². The van der Waals surface area contributed by atoms with Gasteiger partial charge in [0.05, 0.1) is 22.0 Å². The number of carbonyl (C=O) groups is 1. The lowest BCUT2D eigenvalue weighted by atomic mass is 10.0. The summed E-state index contributed by atoms with van der Waals surface area (Å²) >= 11 is 6.08. The Morgan fingerprint density at radius 2 is 2.19 bits per heavy atom. The van der Waals surface area contributed by atoms with Crippen LogP contribution in [-0.4, -0.2) is 39.5 Å². The van der Waals surface area contributed by atoms with Gasteiger partial charge in [-0.25, -0.2) is 4.39 Å². The second-order valence-corrected chi connectivity index (χ2v) is 7.00. The molecule has 1 aliphatic heterocycles. The molecule has 0 fully saturated rings. The lowest BCUT2D eigenvalue weighted by molar-refractivity contribution is -0.141. The maximum atomic E-state index is 14.1. The Hall–Kier alpha value is -2.41.